The van der Waals surface area contributed by atoms with Crippen LogP contribution in [0.2, 0.25) is 5.15 Å². The van der Waals surface area contributed by atoms with Gasteiger partial charge >= 0.3 is 0 Å². The number of aryl methyl sites for hydroxylation is 1. The summed E-state index contributed by atoms with van der Waals surface area (Å²) < 4.78 is 11.2. The third-order valence-corrected chi connectivity index (χ3v) is 4.37. The zero-order valence-corrected chi connectivity index (χ0v) is 12.8. The Kier molecular flexibility index (Phi) is 3.60. The van der Waals surface area contributed by atoms with Crippen LogP contribution in [0.3, 0.4) is 0 Å². The Hall–Kier alpha value is -1.85. The molecule has 0 bridgehead atoms. The van der Waals surface area contributed by atoms with E-state index in [1.807, 2.05) is 12.1 Å². The standard InChI is InChI=1S/C16H16ClN3O2/c17-16-12-7-10(21-14(12)5-6-19-16)8-18-9-13-11-3-1-2-4-15(11)22-20-13/h5-7,18H,1-4,8-9H2. The molecule has 0 saturated heterocycles. The minimum Gasteiger partial charge on any atom is -0.460 e. The van der Waals surface area contributed by atoms with E-state index in [1.165, 1.54) is 18.4 Å². The zero-order valence-electron chi connectivity index (χ0n) is 12.1. The lowest BCUT2D eigenvalue weighted by molar-refractivity contribution is 0.366. The van der Waals surface area contributed by atoms with E-state index in [9.17, 15) is 0 Å². The second-order valence-electron chi connectivity index (χ2n) is 5.57. The summed E-state index contributed by atoms with van der Waals surface area (Å²) in [5, 5.41) is 8.86. The van der Waals surface area contributed by atoms with Gasteiger partial charge in [-0.15, -0.1) is 0 Å². The van der Waals surface area contributed by atoms with E-state index in [2.05, 4.69) is 15.5 Å². The molecule has 3 aromatic rings. The minimum absolute atomic E-state index is 0.470. The Labute approximate surface area is 132 Å². The summed E-state index contributed by atoms with van der Waals surface area (Å²) in [7, 11) is 0. The fraction of sp³-hybridized carbons (Fsp3) is 0.375. The number of hydrogen-bond donors (Lipinski definition) is 1. The monoisotopic (exact) mass is 317 g/mol. The first-order valence-electron chi connectivity index (χ1n) is 7.51. The number of hydrogen-bond acceptors (Lipinski definition) is 5. The summed E-state index contributed by atoms with van der Waals surface area (Å²) in [5.74, 6) is 1.90. The van der Waals surface area contributed by atoms with Crippen molar-refractivity contribution in [1.29, 1.82) is 0 Å². The molecule has 22 heavy (non-hydrogen) atoms. The van der Waals surface area contributed by atoms with Crippen molar-refractivity contribution in [3.8, 4) is 0 Å². The maximum Gasteiger partial charge on any atom is 0.140 e. The van der Waals surface area contributed by atoms with Crippen LogP contribution >= 0.6 is 11.6 Å². The van der Waals surface area contributed by atoms with Crippen LogP contribution < -0.4 is 5.32 Å². The molecular formula is C16H16ClN3O2. The lowest BCUT2D eigenvalue weighted by Crippen LogP contribution is -2.14. The number of pyridine rings is 1. The van der Waals surface area contributed by atoms with Crippen molar-refractivity contribution in [2.75, 3.05) is 0 Å². The highest BCUT2D eigenvalue weighted by Crippen LogP contribution is 2.26. The molecule has 1 aliphatic carbocycles. The molecule has 0 amide bonds. The molecule has 0 saturated carbocycles. The van der Waals surface area contributed by atoms with E-state index in [1.54, 1.807) is 6.20 Å². The van der Waals surface area contributed by atoms with Gasteiger partial charge in [-0.05, 0) is 31.4 Å². The highest BCUT2D eigenvalue weighted by atomic mass is 35.5. The molecule has 0 atom stereocenters. The van der Waals surface area contributed by atoms with E-state index in [0.717, 1.165) is 41.0 Å². The smallest absolute Gasteiger partial charge is 0.140 e. The molecule has 0 radical (unpaired) electrons. The van der Waals surface area contributed by atoms with Crippen LogP contribution in [-0.4, -0.2) is 10.1 Å². The Bertz CT molecular complexity index is 809. The zero-order chi connectivity index (χ0) is 14.9. The van der Waals surface area contributed by atoms with E-state index < -0.39 is 0 Å². The SMILES string of the molecule is Clc1nccc2oc(CNCc3noc4c3CCCC4)cc12. The van der Waals surface area contributed by atoms with Crippen LogP contribution in [0.1, 0.15) is 35.6 Å². The molecule has 114 valence electrons. The summed E-state index contributed by atoms with van der Waals surface area (Å²) in [6, 6.07) is 3.74. The average Bonchev–Trinajstić information content (AvgIpc) is 3.13. The van der Waals surface area contributed by atoms with Gasteiger partial charge in [0.15, 0.2) is 0 Å². The molecule has 6 heteroatoms. The van der Waals surface area contributed by atoms with E-state index >= 15 is 0 Å². The first kappa shape index (κ1) is 13.8. The van der Waals surface area contributed by atoms with Crippen LogP contribution in [-0.2, 0) is 25.9 Å². The van der Waals surface area contributed by atoms with E-state index in [4.69, 9.17) is 20.5 Å². The molecule has 0 unspecified atom stereocenters. The summed E-state index contributed by atoms with van der Waals surface area (Å²) in [6.07, 6.45) is 6.14. The van der Waals surface area contributed by atoms with Gasteiger partial charge in [0, 0.05) is 24.7 Å². The minimum atomic E-state index is 0.470. The number of aromatic nitrogens is 2. The second-order valence-corrected chi connectivity index (χ2v) is 5.93. The third-order valence-electron chi connectivity index (χ3n) is 4.07. The van der Waals surface area contributed by atoms with Gasteiger partial charge < -0.3 is 14.3 Å². The molecule has 1 aliphatic rings. The van der Waals surface area contributed by atoms with Crippen molar-refractivity contribution in [2.24, 2.45) is 0 Å². The Morgan fingerprint density at radius 1 is 1.23 bits per heavy atom. The van der Waals surface area contributed by atoms with Gasteiger partial charge in [-0.3, -0.25) is 0 Å². The Morgan fingerprint density at radius 2 is 2.14 bits per heavy atom. The fourth-order valence-electron chi connectivity index (χ4n) is 2.96. The van der Waals surface area contributed by atoms with Crippen molar-refractivity contribution < 1.29 is 8.94 Å². The Balaban J connectivity index is 1.44. The van der Waals surface area contributed by atoms with Gasteiger partial charge in [0.25, 0.3) is 0 Å². The fourth-order valence-corrected chi connectivity index (χ4v) is 3.17. The number of nitrogens with zero attached hydrogens (tertiary/aromatic N) is 2. The first-order valence-corrected chi connectivity index (χ1v) is 7.89. The van der Waals surface area contributed by atoms with Crippen molar-refractivity contribution >= 4 is 22.6 Å². The predicted octanol–water partition coefficient (Wildman–Crippen LogP) is 3.64. The molecule has 0 fully saturated rings. The number of halogens is 1. The summed E-state index contributed by atoms with van der Waals surface area (Å²) in [6.45, 7) is 1.30. The van der Waals surface area contributed by atoms with Gasteiger partial charge in [0.1, 0.15) is 28.0 Å². The lowest BCUT2D eigenvalue weighted by atomic mass is 9.96. The highest BCUT2D eigenvalue weighted by Gasteiger charge is 2.18. The average molecular weight is 318 g/mol. The van der Waals surface area contributed by atoms with Crippen LogP contribution in [0.5, 0.6) is 0 Å². The van der Waals surface area contributed by atoms with Crippen LogP contribution in [0.15, 0.2) is 27.3 Å². The summed E-state index contributed by atoms with van der Waals surface area (Å²) >= 11 is 6.05. The quantitative estimate of drug-likeness (QED) is 0.744. The molecule has 0 aromatic carbocycles. The summed E-state index contributed by atoms with van der Waals surface area (Å²) in [4.78, 5) is 4.05. The largest absolute Gasteiger partial charge is 0.460 e. The molecule has 0 spiro atoms. The van der Waals surface area contributed by atoms with Crippen LogP contribution in [0.25, 0.3) is 11.0 Å². The molecule has 3 heterocycles. The third kappa shape index (κ3) is 2.51. The number of furan rings is 1. The highest BCUT2D eigenvalue weighted by molar-refractivity contribution is 6.34. The van der Waals surface area contributed by atoms with Crippen molar-refractivity contribution in [2.45, 2.75) is 38.8 Å². The van der Waals surface area contributed by atoms with Gasteiger partial charge in [-0.25, -0.2) is 4.98 Å². The van der Waals surface area contributed by atoms with Crippen molar-refractivity contribution in [3.05, 3.63) is 46.3 Å². The first-order chi connectivity index (χ1) is 10.8. The van der Waals surface area contributed by atoms with Crippen LogP contribution in [0.4, 0.5) is 0 Å². The van der Waals surface area contributed by atoms with E-state index in [0.29, 0.717) is 18.2 Å². The molecule has 5 nitrogen and oxygen atoms in total. The normalized spacial score (nSPS) is 14.4. The van der Waals surface area contributed by atoms with Gasteiger partial charge in [-0.2, -0.15) is 0 Å². The predicted molar refractivity (Wildman–Crippen MR) is 82.7 cm³/mol. The Morgan fingerprint density at radius 3 is 3.05 bits per heavy atom. The topological polar surface area (TPSA) is 64.1 Å². The maximum atomic E-state index is 6.05. The van der Waals surface area contributed by atoms with Gasteiger partial charge in [-0.1, -0.05) is 16.8 Å². The molecular weight excluding hydrogens is 302 g/mol. The molecule has 0 aliphatic heterocycles. The van der Waals surface area contributed by atoms with Crippen molar-refractivity contribution in [1.82, 2.24) is 15.5 Å². The van der Waals surface area contributed by atoms with Gasteiger partial charge in [0.05, 0.1) is 11.9 Å². The number of nitrogens with one attached hydrogen (secondary N) is 1. The van der Waals surface area contributed by atoms with Crippen molar-refractivity contribution in [3.63, 3.8) is 0 Å². The van der Waals surface area contributed by atoms with Crippen LogP contribution in [0, 0.1) is 0 Å². The maximum absolute atomic E-state index is 6.05. The number of fused-ring (bicyclic) bond motifs is 2. The lowest BCUT2D eigenvalue weighted by Gasteiger charge is -2.09. The summed E-state index contributed by atoms with van der Waals surface area (Å²) in [5.41, 5.74) is 3.07. The number of rotatable bonds is 4. The van der Waals surface area contributed by atoms with Gasteiger partial charge in [0.2, 0.25) is 0 Å². The second kappa shape index (κ2) is 5.74. The molecule has 3 aromatic heterocycles. The van der Waals surface area contributed by atoms with E-state index in [-0.39, 0.29) is 0 Å². The molecule has 1 N–H and O–H groups in total. The molecule has 4 rings (SSSR count).